The highest BCUT2D eigenvalue weighted by Gasteiger charge is 2.19. The largest absolute Gasteiger partial charge is 0.352 e. The summed E-state index contributed by atoms with van der Waals surface area (Å²) < 4.78 is 0. The Balaban J connectivity index is 1.98. The molecule has 1 atom stereocenters. The van der Waals surface area contributed by atoms with Gasteiger partial charge in [0.1, 0.15) is 0 Å². The van der Waals surface area contributed by atoms with Gasteiger partial charge in [-0.3, -0.25) is 4.79 Å². The monoisotopic (exact) mass is 286 g/mol. The number of aryl methyl sites for hydroxylation is 2. The number of thiophene rings is 1. The van der Waals surface area contributed by atoms with Crippen LogP contribution in [0.4, 0.5) is 0 Å². The van der Waals surface area contributed by atoms with E-state index in [-0.39, 0.29) is 11.9 Å². The maximum atomic E-state index is 11.9. The number of rotatable bonds is 2. The molecule has 0 saturated heterocycles. The fourth-order valence-electron chi connectivity index (χ4n) is 2.54. The molecule has 4 heteroatoms. The molecule has 0 radical (unpaired) electrons. The summed E-state index contributed by atoms with van der Waals surface area (Å²) in [5.74, 6) is 0.0128. The lowest BCUT2D eigenvalue weighted by Crippen LogP contribution is -2.32. The molecular weight excluding hydrogens is 268 g/mol. The highest BCUT2D eigenvalue weighted by atomic mass is 32.1. The van der Waals surface area contributed by atoms with Crippen molar-refractivity contribution in [3.05, 3.63) is 56.3 Å². The number of hydrogen-bond acceptors (Lipinski definition) is 3. The number of nitrogens with two attached hydrogens (primary N) is 1. The first-order chi connectivity index (χ1) is 9.56. The average molecular weight is 286 g/mol. The molecule has 2 aromatic rings. The molecule has 2 heterocycles. The average Bonchev–Trinajstić information content (AvgIpc) is 2.78. The van der Waals surface area contributed by atoms with Crippen LogP contribution < -0.4 is 11.1 Å². The van der Waals surface area contributed by atoms with E-state index < -0.39 is 0 Å². The fourth-order valence-corrected chi connectivity index (χ4v) is 3.61. The lowest BCUT2D eigenvalue weighted by molar-refractivity contribution is 0.0946. The van der Waals surface area contributed by atoms with E-state index >= 15 is 0 Å². The Morgan fingerprint density at radius 2 is 2.10 bits per heavy atom. The Hall–Kier alpha value is -1.65. The van der Waals surface area contributed by atoms with E-state index in [1.165, 1.54) is 10.4 Å². The van der Waals surface area contributed by atoms with Crippen molar-refractivity contribution in [2.75, 3.05) is 6.54 Å². The van der Waals surface area contributed by atoms with Gasteiger partial charge in [-0.25, -0.2) is 0 Å². The molecule has 104 valence electrons. The molecule has 3 N–H and O–H groups in total. The van der Waals surface area contributed by atoms with Gasteiger partial charge < -0.3 is 11.1 Å². The van der Waals surface area contributed by atoms with E-state index in [9.17, 15) is 4.79 Å². The molecule has 0 aliphatic carbocycles. The summed E-state index contributed by atoms with van der Waals surface area (Å²) in [5.41, 5.74) is 10.5. The van der Waals surface area contributed by atoms with Crippen LogP contribution in [0, 0.1) is 13.8 Å². The Labute approximate surface area is 122 Å². The van der Waals surface area contributed by atoms with Crippen LogP contribution in [0.3, 0.4) is 0 Å². The number of carbonyl (C=O) groups is 1. The van der Waals surface area contributed by atoms with E-state index in [0.29, 0.717) is 0 Å². The van der Waals surface area contributed by atoms with Crippen LogP contribution in [0.15, 0.2) is 24.3 Å². The molecule has 1 aromatic carbocycles. The summed E-state index contributed by atoms with van der Waals surface area (Å²) in [6, 6.07) is 8.01. The summed E-state index contributed by atoms with van der Waals surface area (Å²) in [7, 11) is 0. The van der Waals surface area contributed by atoms with Crippen molar-refractivity contribution in [3.8, 4) is 0 Å². The van der Waals surface area contributed by atoms with Crippen molar-refractivity contribution in [3.63, 3.8) is 0 Å². The molecule has 3 nitrogen and oxygen atoms in total. The first kappa shape index (κ1) is 13.3. The van der Waals surface area contributed by atoms with E-state index in [1.54, 1.807) is 11.3 Å². The molecule has 3 rings (SSSR count). The molecule has 0 spiro atoms. The second-order valence-electron chi connectivity index (χ2n) is 5.29. The third-order valence-corrected chi connectivity index (χ3v) is 5.14. The first-order valence-electron chi connectivity index (χ1n) is 6.80. The van der Waals surface area contributed by atoms with Crippen LogP contribution in [0.1, 0.15) is 42.8 Å². The number of hydrogen-bond donors (Lipinski definition) is 2. The summed E-state index contributed by atoms with van der Waals surface area (Å²) in [6.07, 6.45) is 0.897. The molecule has 0 fully saturated rings. The van der Waals surface area contributed by atoms with Crippen molar-refractivity contribution in [2.24, 2.45) is 5.73 Å². The van der Waals surface area contributed by atoms with Crippen LogP contribution in [0.5, 0.6) is 0 Å². The second-order valence-corrected chi connectivity index (χ2v) is 6.58. The zero-order chi connectivity index (χ0) is 14.3. The van der Waals surface area contributed by atoms with Gasteiger partial charge in [-0.05, 0) is 49.1 Å². The Morgan fingerprint density at radius 1 is 1.30 bits per heavy atom. The van der Waals surface area contributed by atoms with Crippen LogP contribution in [0.25, 0.3) is 0 Å². The van der Waals surface area contributed by atoms with Crippen LogP contribution in [-0.4, -0.2) is 12.5 Å². The Bertz CT molecular complexity index is 656. The van der Waals surface area contributed by atoms with Crippen molar-refractivity contribution in [1.29, 1.82) is 0 Å². The molecule has 1 aliphatic heterocycles. The topological polar surface area (TPSA) is 55.1 Å². The van der Waals surface area contributed by atoms with Gasteiger partial charge in [-0.2, -0.15) is 0 Å². The van der Waals surface area contributed by atoms with E-state index in [4.69, 9.17) is 5.73 Å². The van der Waals surface area contributed by atoms with Gasteiger partial charge in [0.2, 0.25) is 0 Å². The molecule has 1 unspecified atom stereocenters. The van der Waals surface area contributed by atoms with Crippen molar-refractivity contribution >= 4 is 17.2 Å². The lowest BCUT2D eigenvalue weighted by atomic mass is 9.95. The van der Waals surface area contributed by atoms with Crippen LogP contribution >= 0.6 is 11.3 Å². The van der Waals surface area contributed by atoms with Crippen LogP contribution in [-0.2, 0) is 6.42 Å². The highest BCUT2D eigenvalue weighted by Crippen LogP contribution is 2.30. The SMILES string of the molecule is Cc1cc(C(N)c2ccc3c(c2)C(=O)NCC3)sc1C. The number of nitrogens with one attached hydrogen (secondary N) is 1. The summed E-state index contributed by atoms with van der Waals surface area (Å²) in [5, 5.41) is 2.88. The van der Waals surface area contributed by atoms with Gasteiger partial charge in [0.15, 0.2) is 0 Å². The van der Waals surface area contributed by atoms with Crippen molar-refractivity contribution < 1.29 is 4.79 Å². The maximum Gasteiger partial charge on any atom is 0.251 e. The number of carbonyl (C=O) groups excluding carboxylic acids is 1. The van der Waals surface area contributed by atoms with Gasteiger partial charge in [-0.1, -0.05) is 12.1 Å². The molecule has 0 bridgehead atoms. The van der Waals surface area contributed by atoms with Gasteiger partial charge in [-0.15, -0.1) is 11.3 Å². The van der Waals surface area contributed by atoms with Crippen molar-refractivity contribution in [1.82, 2.24) is 5.32 Å². The fraction of sp³-hybridized carbons (Fsp3) is 0.312. The maximum absolute atomic E-state index is 11.9. The van der Waals surface area contributed by atoms with E-state index in [2.05, 4.69) is 25.2 Å². The minimum atomic E-state index is -0.160. The Morgan fingerprint density at radius 3 is 2.80 bits per heavy atom. The smallest absolute Gasteiger partial charge is 0.251 e. The summed E-state index contributed by atoms with van der Waals surface area (Å²) >= 11 is 1.73. The first-order valence-corrected chi connectivity index (χ1v) is 7.61. The molecule has 1 aliphatic rings. The molecular formula is C16H18N2OS. The minimum absolute atomic E-state index is 0.0128. The predicted molar refractivity (Wildman–Crippen MR) is 82.3 cm³/mol. The normalized spacial score (nSPS) is 15.7. The van der Waals surface area contributed by atoms with E-state index in [0.717, 1.165) is 34.5 Å². The molecule has 0 saturated carbocycles. The third kappa shape index (κ3) is 2.25. The quantitative estimate of drug-likeness (QED) is 0.892. The Kier molecular flexibility index (Phi) is 3.36. The van der Waals surface area contributed by atoms with Gasteiger partial charge in [0.05, 0.1) is 6.04 Å². The zero-order valence-corrected chi connectivity index (χ0v) is 12.5. The van der Waals surface area contributed by atoms with Crippen molar-refractivity contribution in [2.45, 2.75) is 26.3 Å². The number of amides is 1. The van der Waals surface area contributed by atoms with Crippen LogP contribution in [0.2, 0.25) is 0 Å². The number of benzene rings is 1. The minimum Gasteiger partial charge on any atom is -0.352 e. The molecule has 20 heavy (non-hydrogen) atoms. The van der Waals surface area contributed by atoms with Gasteiger partial charge in [0.25, 0.3) is 5.91 Å². The number of fused-ring (bicyclic) bond motifs is 1. The second kappa shape index (κ2) is 5.04. The lowest BCUT2D eigenvalue weighted by Gasteiger charge is -2.19. The third-order valence-electron chi connectivity index (χ3n) is 3.91. The summed E-state index contributed by atoms with van der Waals surface area (Å²) in [6.45, 7) is 4.93. The molecule has 1 aromatic heterocycles. The molecule has 1 amide bonds. The zero-order valence-electron chi connectivity index (χ0n) is 11.7. The van der Waals surface area contributed by atoms with E-state index in [1.807, 2.05) is 18.2 Å². The van der Waals surface area contributed by atoms with Gasteiger partial charge >= 0.3 is 0 Å². The predicted octanol–water partition coefficient (Wildman–Crippen LogP) is 2.70. The van der Waals surface area contributed by atoms with Gasteiger partial charge in [0, 0.05) is 21.9 Å². The summed E-state index contributed by atoms with van der Waals surface area (Å²) in [4.78, 5) is 14.4. The highest BCUT2D eigenvalue weighted by molar-refractivity contribution is 7.12. The standard InChI is InChI=1S/C16H18N2OS/c1-9-7-14(20-10(9)2)15(17)12-4-3-11-5-6-18-16(19)13(11)8-12/h3-4,7-8,15H,5-6,17H2,1-2H3,(H,18,19).